The van der Waals surface area contributed by atoms with Gasteiger partial charge in [-0.1, -0.05) is 0 Å². The van der Waals surface area contributed by atoms with Crippen molar-refractivity contribution in [3.63, 3.8) is 0 Å². The summed E-state index contributed by atoms with van der Waals surface area (Å²) in [6.07, 6.45) is -4.30. The van der Waals surface area contributed by atoms with Crippen molar-refractivity contribution in [1.29, 1.82) is 0 Å². The van der Waals surface area contributed by atoms with Crippen LogP contribution in [-0.4, -0.2) is 25.3 Å². The Bertz CT molecular complexity index is 307. The lowest BCUT2D eigenvalue weighted by Crippen LogP contribution is -2.21. The molecule has 0 aliphatic heterocycles. The Hall–Kier alpha value is -1.23. The van der Waals surface area contributed by atoms with Gasteiger partial charge in [0.25, 0.3) is 0 Å². The molecular formula is C10H12F3NO. The lowest BCUT2D eigenvalue weighted by molar-refractivity contribution is -0.137. The average molecular weight is 219 g/mol. The Kier molecular flexibility index (Phi) is 3.57. The third-order valence-corrected chi connectivity index (χ3v) is 2.07. The molecule has 1 rings (SSSR count). The molecule has 0 radical (unpaired) electrons. The van der Waals surface area contributed by atoms with Crippen LogP contribution in [0.5, 0.6) is 0 Å². The second-order valence-electron chi connectivity index (χ2n) is 3.19. The average Bonchev–Trinajstić information content (AvgIpc) is 2.17. The van der Waals surface area contributed by atoms with Gasteiger partial charge in [0.1, 0.15) is 0 Å². The SMILES string of the molecule is CN(CCO)c1ccc(C(F)(F)F)cc1. The molecule has 0 unspecified atom stereocenters. The van der Waals surface area contributed by atoms with Crippen molar-refractivity contribution in [2.24, 2.45) is 0 Å². The van der Waals surface area contributed by atoms with Crippen LogP contribution in [-0.2, 0) is 6.18 Å². The quantitative estimate of drug-likeness (QED) is 0.841. The van der Waals surface area contributed by atoms with Crippen LogP contribution in [0.4, 0.5) is 18.9 Å². The zero-order valence-electron chi connectivity index (χ0n) is 8.25. The molecule has 0 fully saturated rings. The van der Waals surface area contributed by atoms with Gasteiger partial charge in [-0.05, 0) is 24.3 Å². The van der Waals surface area contributed by atoms with Gasteiger partial charge in [0, 0.05) is 19.3 Å². The first-order valence-corrected chi connectivity index (χ1v) is 4.44. The van der Waals surface area contributed by atoms with Gasteiger partial charge in [0.2, 0.25) is 0 Å². The molecule has 1 aromatic carbocycles. The summed E-state index contributed by atoms with van der Waals surface area (Å²) in [5, 5.41) is 8.66. The highest BCUT2D eigenvalue weighted by molar-refractivity contribution is 5.47. The fraction of sp³-hybridized carbons (Fsp3) is 0.400. The maximum atomic E-state index is 12.2. The molecule has 0 heterocycles. The number of aliphatic hydroxyl groups is 1. The van der Waals surface area contributed by atoms with Crippen molar-refractivity contribution in [1.82, 2.24) is 0 Å². The number of hydrogen-bond acceptors (Lipinski definition) is 2. The van der Waals surface area contributed by atoms with Crippen molar-refractivity contribution < 1.29 is 18.3 Å². The summed E-state index contributed by atoms with van der Waals surface area (Å²) >= 11 is 0. The number of benzene rings is 1. The fourth-order valence-corrected chi connectivity index (χ4v) is 1.18. The molecular weight excluding hydrogens is 207 g/mol. The van der Waals surface area contributed by atoms with E-state index in [1.54, 1.807) is 11.9 Å². The Morgan fingerprint density at radius 2 is 1.73 bits per heavy atom. The highest BCUT2D eigenvalue weighted by Crippen LogP contribution is 2.30. The van der Waals surface area contributed by atoms with Gasteiger partial charge >= 0.3 is 6.18 Å². The summed E-state index contributed by atoms with van der Waals surface area (Å²) in [5.41, 5.74) is -0.0132. The minimum Gasteiger partial charge on any atom is -0.395 e. The number of hydrogen-bond donors (Lipinski definition) is 1. The van der Waals surface area contributed by atoms with E-state index in [0.717, 1.165) is 12.1 Å². The minimum atomic E-state index is -4.30. The van der Waals surface area contributed by atoms with Crippen molar-refractivity contribution >= 4 is 5.69 Å². The van der Waals surface area contributed by atoms with Crippen molar-refractivity contribution in [3.8, 4) is 0 Å². The molecule has 84 valence electrons. The molecule has 0 bridgehead atoms. The van der Waals surface area contributed by atoms with E-state index in [2.05, 4.69) is 0 Å². The number of likely N-dealkylation sites (N-methyl/N-ethyl adjacent to an activating group) is 1. The maximum Gasteiger partial charge on any atom is 0.416 e. The first-order valence-electron chi connectivity index (χ1n) is 4.44. The summed E-state index contributed by atoms with van der Waals surface area (Å²) in [7, 11) is 1.71. The molecule has 1 N–H and O–H groups in total. The topological polar surface area (TPSA) is 23.5 Å². The van der Waals surface area contributed by atoms with Crippen LogP contribution in [0.15, 0.2) is 24.3 Å². The van der Waals surface area contributed by atoms with Crippen LogP contribution in [0.25, 0.3) is 0 Å². The number of halogens is 3. The third-order valence-electron chi connectivity index (χ3n) is 2.07. The second kappa shape index (κ2) is 4.53. The summed E-state index contributed by atoms with van der Waals surface area (Å²) in [4.78, 5) is 1.68. The van der Waals surface area contributed by atoms with Crippen molar-refractivity contribution in [2.45, 2.75) is 6.18 Å². The number of anilines is 1. The first kappa shape index (κ1) is 11.8. The summed E-state index contributed by atoms with van der Waals surface area (Å²) in [6, 6.07) is 4.84. The smallest absolute Gasteiger partial charge is 0.395 e. The maximum absolute atomic E-state index is 12.2. The van der Waals surface area contributed by atoms with Gasteiger partial charge < -0.3 is 10.0 Å². The van der Waals surface area contributed by atoms with Crippen LogP contribution >= 0.6 is 0 Å². The van der Waals surface area contributed by atoms with Gasteiger partial charge in [-0.15, -0.1) is 0 Å². The van der Waals surface area contributed by atoms with E-state index < -0.39 is 11.7 Å². The van der Waals surface area contributed by atoms with E-state index in [1.165, 1.54) is 12.1 Å². The zero-order valence-corrected chi connectivity index (χ0v) is 8.25. The highest BCUT2D eigenvalue weighted by atomic mass is 19.4. The first-order chi connectivity index (χ1) is 6.95. The predicted molar refractivity (Wildman–Crippen MR) is 51.8 cm³/mol. The van der Waals surface area contributed by atoms with E-state index in [0.29, 0.717) is 12.2 Å². The largest absolute Gasteiger partial charge is 0.416 e. The molecule has 0 saturated heterocycles. The fourth-order valence-electron chi connectivity index (χ4n) is 1.18. The van der Waals surface area contributed by atoms with Gasteiger partial charge in [-0.25, -0.2) is 0 Å². The second-order valence-corrected chi connectivity index (χ2v) is 3.19. The number of alkyl halides is 3. The van der Waals surface area contributed by atoms with E-state index in [9.17, 15) is 13.2 Å². The summed E-state index contributed by atoms with van der Waals surface area (Å²) < 4.78 is 36.6. The number of rotatable bonds is 3. The van der Waals surface area contributed by atoms with Gasteiger partial charge in [-0.3, -0.25) is 0 Å². The normalized spacial score (nSPS) is 11.5. The molecule has 0 atom stereocenters. The molecule has 5 heteroatoms. The molecule has 0 amide bonds. The molecule has 15 heavy (non-hydrogen) atoms. The molecule has 0 aliphatic carbocycles. The Balaban J connectivity index is 2.81. The van der Waals surface area contributed by atoms with Gasteiger partial charge in [0.15, 0.2) is 0 Å². The van der Waals surface area contributed by atoms with Crippen LogP contribution in [0.2, 0.25) is 0 Å². The molecule has 0 aromatic heterocycles. The van der Waals surface area contributed by atoms with E-state index in [1.807, 2.05) is 0 Å². The van der Waals surface area contributed by atoms with E-state index in [-0.39, 0.29) is 6.61 Å². The van der Waals surface area contributed by atoms with Gasteiger partial charge in [-0.2, -0.15) is 13.2 Å². The molecule has 1 aromatic rings. The van der Waals surface area contributed by atoms with Crippen LogP contribution in [0, 0.1) is 0 Å². The lowest BCUT2D eigenvalue weighted by atomic mass is 10.2. The number of nitrogens with zero attached hydrogens (tertiary/aromatic N) is 1. The van der Waals surface area contributed by atoms with Crippen molar-refractivity contribution in [2.75, 3.05) is 25.1 Å². The Morgan fingerprint density at radius 3 is 2.13 bits per heavy atom. The number of aliphatic hydroxyl groups excluding tert-OH is 1. The highest BCUT2D eigenvalue weighted by Gasteiger charge is 2.29. The Morgan fingerprint density at radius 1 is 1.20 bits per heavy atom. The standard InChI is InChI=1S/C10H12F3NO/c1-14(6-7-15)9-4-2-8(3-5-9)10(11,12)13/h2-5,15H,6-7H2,1H3. The molecule has 0 saturated carbocycles. The molecule has 0 spiro atoms. The predicted octanol–water partition coefficient (Wildman–Crippen LogP) is 2.13. The van der Waals surface area contributed by atoms with E-state index in [4.69, 9.17) is 5.11 Å². The molecule has 2 nitrogen and oxygen atoms in total. The third kappa shape index (κ3) is 3.13. The van der Waals surface area contributed by atoms with Crippen molar-refractivity contribution in [3.05, 3.63) is 29.8 Å². The molecule has 0 aliphatic rings. The monoisotopic (exact) mass is 219 g/mol. The minimum absolute atomic E-state index is 0.0302. The lowest BCUT2D eigenvalue weighted by Gasteiger charge is -2.18. The van der Waals surface area contributed by atoms with Crippen LogP contribution in [0.3, 0.4) is 0 Å². The summed E-state index contributed by atoms with van der Waals surface area (Å²) in [6.45, 7) is 0.364. The van der Waals surface area contributed by atoms with Crippen LogP contribution < -0.4 is 4.90 Å². The summed E-state index contributed by atoms with van der Waals surface area (Å²) in [5.74, 6) is 0. The zero-order chi connectivity index (χ0) is 11.5. The van der Waals surface area contributed by atoms with Crippen LogP contribution in [0.1, 0.15) is 5.56 Å². The Labute approximate surface area is 85.9 Å². The van der Waals surface area contributed by atoms with Gasteiger partial charge in [0.05, 0.1) is 12.2 Å². The van der Waals surface area contributed by atoms with E-state index >= 15 is 0 Å².